The molecule has 0 radical (unpaired) electrons. The second kappa shape index (κ2) is 17.6. The molecule has 0 saturated heterocycles. The third kappa shape index (κ3) is 14.2. The summed E-state index contributed by atoms with van der Waals surface area (Å²) in [5.41, 5.74) is 20.3. The Bertz CT molecular complexity index is 1040. The first kappa shape index (κ1) is 36.1. The van der Waals surface area contributed by atoms with Gasteiger partial charge in [0.25, 0.3) is 0 Å². The summed E-state index contributed by atoms with van der Waals surface area (Å²) in [6.07, 6.45) is -2.14. The molecule has 0 heterocycles. The van der Waals surface area contributed by atoms with E-state index in [4.69, 9.17) is 28.0 Å². The lowest BCUT2D eigenvalue weighted by molar-refractivity contribution is -0.143. The largest absolute Gasteiger partial charge is 0.480 e. The minimum atomic E-state index is -1.80. The van der Waals surface area contributed by atoms with Gasteiger partial charge in [0.2, 0.25) is 47.3 Å². The molecule has 41 heavy (non-hydrogen) atoms. The number of carboxylic acid groups (broad SMARTS) is 1. The Labute approximate surface area is 231 Å². The lowest BCUT2D eigenvalue weighted by Crippen LogP contribution is -2.60. The highest BCUT2D eigenvalue weighted by Crippen LogP contribution is 1.97. The van der Waals surface area contributed by atoms with Crippen LogP contribution in [0.1, 0.15) is 19.3 Å². The molecule has 21 nitrogen and oxygen atoms in total. The highest BCUT2D eigenvalue weighted by molar-refractivity contribution is 5.97. The zero-order valence-electron chi connectivity index (χ0n) is 21.5. The molecule has 0 bridgehead atoms. The van der Waals surface area contributed by atoms with Crippen LogP contribution >= 0.6 is 0 Å². The van der Waals surface area contributed by atoms with Crippen molar-refractivity contribution in [2.45, 2.75) is 49.5 Å². The number of carboxylic acids is 1. The number of nitrogens with two attached hydrogens (primary N) is 4. The summed E-state index contributed by atoms with van der Waals surface area (Å²) in [5, 5.41) is 37.9. The van der Waals surface area contributed by atoms with Crippen LogP contribution in [0.5, 0.6) is 0 Å². The van der Waals surface area contributed by atoms with Gasteiger partial charge in [0.1, 0.15) is 24.2 Å². The molecule has 0 saturated carbocycles. The van der Waals surface area contributed by atoms with Crippen molar-refractivity contribution in [2.24, 2.45) is 22.9 Å². The number of carbonyl (C=O) groups excluding carboxylic acids is 8. The third-order valence-electron chi connectivity index (χ3n) is 4.89. The van der Waals surface area contributed by atoms with Gasteiger partial charge in [-0.15, -0.1) is 0 Å². The fourth-order valence-electron chi connectivity index (χ4n) is 2.87. The number of aliphatic carboxylic acids is 1. The average Bonchev–Trinajstić information content (AvgIpc) is 2.86. The van der Waals surface area contributed by atoms with Gasteiger partial charge in [-0.05, 0) is 0 Å². The summed E-state index contributed by atoms with van der Waals surface area (Å²) < 4.78 is 0. The van der Waals surface area contributed by atoms with E-state index in [-0.39, 0.29) is 0 Å². The maximum absolute atomic E-state index is 12.6. The van der Waals surface area contributed by atoms with Gasteiger partial charge in [0, 0.05) is 0 Å². The Morgan fingerprint density at radius 3 is 1.39 bits per heavy atom. The Morgan fingerprint density at radius 2 is 0.976 bits per heavy atom. The van der Waals surface area contributed by atoms with Crippen LogP contribution in [-0.2, 0) is 43.2 Å². The van der Waals surface area contributed by atoms with Gasteiger partial charge in [-0.3, -0.25) is 38.4 Å². The lowest BCUT2D eigenvalue weighted by atomic mass is 10.1. The maximum Gasteiger partial charge on any atom is 0.326 e. The molecular weight excluding hydrogens is 558 g/mol. The van der Waals surface area contributed by atoms with E-state index in [0.717, 1.165) is 0 Å². The van der Waals surface area contributed by atoms with E-state index in [0.29, 0.717) is 0 Å². The standard InChI is InChI=1S/C20H33N9O12/c21-7(1-12(22)32)16(36)28-10(5-30)19(39)29-11(6-31)18(38)27-8(2-13(23)33)17(37)25-4-15(35)26-9(20(40)41)3-14(24)34/h7-11,30-31H,1-6,21H2,(H2,22,32)(H2,23,33)(H2,24,34)(H,25,37)(H,26,35)(H,27,38)(H,28,36)(H,29,39)(H,40,41)/t7-,8-,9-,10-,11-/m0/s1. The first-order chi connectivity index (χ1) is 19.0. The van der Waals surface area contributed by atoms with Gasteiger partial charge in [0.15, 0.2) is 0 Å². The van der Waals surface area contributed by atoms with Crippen LogP contribution in [0.4, 0.5) is 0 Å². The van der Waals surface area contributed by atoms with Crippen molar-refractivity contribution in [2.75, 3.05) is 19.8 Å². The number of hydrogen-bond acceptors (Lipinski definition) is 12. The van der Waals surface area contributed by atoms with Gasteiger partial charge in [-0.1, -0.05) is 0 Å². The fourth-order valence-corrected chi connectivity index (χ4v) is 2.87. The molecular formula is C20H33N9O12. The second-order valence-corrected chi connectivity index (χ2v) is 8.34. The van der Waals surface area contributed by atoms with Crippen LogP contribution in [0.15, 0.2) is 0 Å². The van der Waals surface area contributed by atoms with Gasteiger partial charge in [0.05, 0.1) is 45.1 Å². The third-order valence-corrected chi connectivity index (χ3v) is 4.89. The molecule has 230 valence electrons. The Kier molecular flexibility index (Phi) is 15.5. The maximum atomic E-state index is 12.6. The van der Waals surface area contributed by atoms with Crippen LogP contribution in [0.2, 0.25) is 0 Å². The smallest absolute Gasteiger partial charge is 0.326 e. The molecule has 16 N–H and O–H groups in total. The molecule has 0 rings (SSSR count). The predicted molar refractivity (Wildman–Crippen MR) is 132 cm³/mol. The topological polar surface area (TPSA) is 379 Å². The number of hydrogen-bond donors (Lipinski definition) is 12. The Balaban J connectivity index is 5.31. The van der Waals surface area contributed by atoms with Gasteiger partial charge in [-0.2, -0.15) is 0 Å². The zero-order valence-corrected chi connectivity index (χ0v) is 21.5. The van der Waals surface area contributed by atoms with Crippen LogP contribution < -0.4 is 49.5 Å². The monoisotopic (exact) mass is 591 g/mol. The van der Waals surface area contributed by atoms with Crippen LogP contribution in [0.25, 0.3) is 0 Å². The van der Waals surface area contributed by atoms with Crippen molar-refractivity contribution >= 4 is 53.2 Å². The van der Waals surface area contributed by atoms with E-state index in [9.17, 15) is 53.4 Å². The molecule has 0 spiro atoms. The lowest BCUT2D eigenvalue weighted by Gasteiger charge is -2.24. The van der Waals surface area contributed by atoms with Crippen LogP contribution in [0, 0.1) is 0 Å². The van der Waals surface area contributed by atoms with Crippen molar-refractivity contribution in [3.8, 4) is 0 Å². The molecule has 0 fully saturated rings. The normalized spacial score (nSPS) is 14.1. The van der Waals surface area contributed by atoms with E-state index in [2.05, 4.69) is 0 Å². The van der Waals surface area contributed by atoms with Crippen molar-refractivity contribution < 1.29 is 58.5 Å². The Hall–Kier alpha value is -4.89. The highest BCUT2D eigenvalue weighted by Gasteiger charge is 2.31. The molecule has 5 atom stereocenters. The summed E-state index contributed by atoms with van der Waals surface area (Å²) in [6, 6.07) is -8.40. The van der Waals surface area contributed by atoms with Crippen molar-refractivity contribution in [3.63, 3.8) is 0 Å². The molecule has 0 aliphatic rings. The quantitative estimate of drug-likeness (QED) is 0.0664. The summed E-state index contributed by atoms with van der Waals surface area (Å²) in [7, 11) is 0. The van der Waals surface area contributed by atoms with Crippen molar-refractivity contribution in [3.05, 3.63) is 0 Å². The van der Waals surface area contributed by atoms with E-state index >= 15 is 0 Å². The molecule has 0 aromatic rings. The Morgan fingerprint density at radius 1 is 0.561 bits per heavy atom. The number of amides is 8. The van der Waals surface area contributed by atoms with E-state index < -0.39 is 122 Å². The van der Waals surface area contributed by atoms with Crippen LogP contribution in [-0.4, -0.2) is 119 Å². The number of aliphatic hydroxyl groups is 2. The summed E-state index contributed by atoms with van der Waals surface area (Å²) in [5.74, 6) is -10.4. The van der Waals surface area contributed by atoms with E-state index in [1.165, 1.54) is 0 Å². The van der Waals surface area contributed by atoms with Gasteiger partial charge in [-0.25, -0.2) is 4.79 Å². The SMILES string of the molecule is NC(=O)C[C@H](NC(=O)CNC(=O)[C@H](CC(N)=O)NC(=O)[C@H](CO)NC(=O)[C@H](CO)NC(=O)[C@@H](N)CC(N)=O)C(=O)O. The first-order valence-electron chi connectivity index (χ1n) is 11.5. The molecule has 0 aromatic heterocycles. The zero-order chi connectivity index (χ0) is 31.9. The number of carbonyl (C=O) groups is 9. The molecule has 0 aliphatic carbocycles. The van der Waals surface area contributed by atoms with E-state index in [1.807, 2.05) is 26.6 Å². The molecule has 8 amide bonds. The van der Waals surface area contributed by atoms with Crippen LogP contribution in [0.3, 0.4) is 0 Å². The fraction of sp³-hybridized carbons (Fsp3) is 0.550. The second-order valence-electron chi connectivity index (χ2n) is 8.34. The average molecular weight is 592 g/mol. The predicted octanol–water partition coefficient (Wildman–Crippen LogP) is -8.94. The van der Waals surface area contributed by atoms with Crippen molar-refractivity contribution in [1.29, 1.82) is 0 Å². The molecule has 0 aromatic carbocycles. The minimum absolute atomic E-state index is 0.578. The molecule has 0 aliphatic heterocycles. The van der Waals surface area contributed by atoms with E-state index in [1.54, 1.807) is 0 Å². The highest BCUT2D eigenvalue weighted by atomic mass is 16.4. The number of rotatable bonds is 19. The molecule has 0 unspecified atom stereocenters. The van der Waals surface area contributed by atoms with Crippen molar-refractivity contribution in [1.82, 2.24) is 26.6 Å². The number of aliphatic hydroxyl groups excluding tert-OH is 2. The molecule has 21 heteroatoms. The van der Waals surface area contributed by atoms with Gasteiger partial charge >= 0.3 is 5.97 Å². The number of primary amides is 3. The number of nitrogens with one attached hydrogen (secondary N) is 5. The van der Waals surface area contributed by atoms with Gasteiger partial charge < -0.3 is 64.8 Å². The first-order valence-corrected chi connectivity index (χ1v) is 11.5. The minimum Gasteiger partial charge on any atom is -0.480 e. The summed E-state index contributed by atoms with van der Waals surface area (Å²) in [6.45, 7) is -2.95. The summed E-state index contributed by atoms with van der Waals surface area (Å²) in [4.78, 5) is 106. The summed E-state index contributed by atoms with van der Waals surface area (Å²) >= 11 is 0.